The molecule has 8 heteroatoms. The molecular weight excluding hydrogens is 220 g/mol. The van der Waals surface area contributed by atoms with E-state index in [-0.39, 0.29) is 6.04 Å². The van der Waals surface area contributed by atoms with Gasteiger partial charge in [-0.25, -0.2) is 9.97 Å². The van der Waals surface area contributed by atoms with Gasteiger partial charge in [0, 0.05) is 7.05 Å². The van der Waals surface area contributed by atoms with Gasteiger partial charge in [-0.3, -0.25) is 0 Å². The SMILES string of the molecule is CNc1ncnc(N)c1-c1nnn(C(C)C)n1. The molecule has 90 valence electrons. The average Bonchev–Trinajstić information content (AvgIpc) is 2.77. The Kier molecular flexibility index (Phi) is 2.86. The maximum atomic E-state index is 5.81. The third-order valence-electron chi connectivity index (χ3n) is 2.23. The largest absolute Gasteiger partial charge is 0.383 e. The van der Waals surface area contributed by atoms with Crippen molar-refractivity contribution in [1.82, 2.24) is 30.2 Å². The summed E-state index contributed by atoms with van der Waals surface area (Å²) in [7, 11) is 1.75. The van der Waals surface area contributed by atoms with E-state index >= 15 is 0 Å². The zero-order valence-electron chi connectivity index (χ0n) is 9.92. The van der Waals surface area contributed by atoms with E-state index in [1.807, 2.05) is 13.8 Å². The molecule has 0 bridgehead atoms. The predicted octanol–water partition coefficient (Wildman–Crippen LogP) is 0.335. The third kappa shape index (κ3) is 2.01. The number of tetrazole rings is 1. The Morgan fingerprint density at radius 2 is 2.12 bits per heavy atom. The van der Waals surface area contributed by atoms with Crippen LogP contribution in [0.4, 0.5) is 11.6 Å². The molecular formula is C9H14N8. The van der Waals surface area contributed by atoms with Crippen LogP contribution in [0.5, 0.6) is 0 Å². The number of nitrogens with two attached hydrogens (primary N) is 1. The van der Waals surface area contributed by atoms with Gasteiger partial charge in [0.2, 0.25) is 5.82 Å². The zero-order valence-corrected chi connectivity index (χ0v) is 9.92. The second-order valence-corrected chi connectivity index (χ2v) is 3.76. The molecule has 2 heterocycles. The number of anilines is 2. The molecule has 0 aliphatic heterocycles. The van der Waals surface area contributed by atoms with Crippen LogP contribution in [-0.2, 0) is 0 Å². The Hall–Kier alpha value is -2.25. The lowest BCUT2D eigenvalue weighted by molar-refractivity contribution is 0.455. The third-order valence-corrected chi connectivity index (χ3v) is 2.23. The Morgan fingerprint density at radius 1 is 1.35 bits per heavy atom. The van der Waals surface area contributed by atoms with Gasteiger partial charge >= 0.3 is 0 Å². The normalized spacial score (nSPS) is 10.8. The quantitative estimate of drug-likeness (QED) is 0.788. The van der Waals surface area contributed by atoms with Crippen LogP contribution in [0.25, 0.3) is 11.4 Å². The van der Waals surface area contributed by atoms with E-state index in [2.05, 4.69) is 30.7 Å². The Labute approximate surface area is 98.3 Å². The Balaban J connectivity index is 2.51. The highest BCUT2D eigenvalue weighted by Crippen LogP contribution is 2.26. The molecule has 0 amide bonds. The van der Waals surface area contributed by atoms with E-state index < -0.39 is 0 Å². The molecule has 3 N–H and O–H groups in total. The van der Waals surface area contributed by atoms with Crippen LogP contribution in [0.2, 0.25) is 0 Å². The summed E-state index contributed by atoms with van der Waals surface area (Å²) < 4.78 is 0. The van der Waals surface area contributed by atoms with Crippen molar-refractivity contribution in [3.05, 3.63) is 6.33 Å². The summed E-state index contributed by atoms with van der Waals surface area (Å²) in [4.78, 5) is 9.51. The van der Waals surface area contributed by atoms with Gasteiger partial charge in [-0.15, -0.1) is 10.2 Å². The van der Waals surface area contributed by atoms with Crippen molar-refractivity contribution in [2.75, 3.05) is 18.1 Å². The Morgan fingerprint density at radius 3 is 2.71 bits per heavy atom. The van der Waals surface area contributed by atoms with Crippen LogP contribution in [0.3, 0.4) is 0 Å². The molecule has 0 radical (unpaired) electrons. The number of nitrogens with zero attached hydrogens (tertiary/aromatic N) is 6. The summed E-state index contributed by atoms with van der Waals surface area (Å²) in [6.07, 6.45) is 1.39. The van der Waals surface area contributed by atoms with Crippen LogP contribution in [0.15, 0.2) is 6.33 Å². The lowest BCUT2D eigenvalue weighted by Gasteiger charge is -2.05. The summed E-state index contributed by atoms with van der Waals surface area (Å²) in [5.74, 6) is 1.33. The van der Waals surface area contributed by atoms with E-state index in [9.17, 15) is 0 Å². The van der Waals surface area contributed by atoms with Crippen molar-refractivity contribution in [1.29, 1.82) is 0 Å². The molecule has 0 unspecified atom stereocenters. The molecule has 17 heavy (non-hydrogen) atoms. The maximum Gasteiger partial charge on any atom is 0.212 e. The van der Waals surface area contributed by atoms with Gasteiger partial charge in [0.25, 0.3) is 0 Å². The van der Waals surface area contributed by atoms with Crippen LogP contribution < -0.4 is 11.1 Å². The lowest BCUT2D eigenvalue weighted by Crippen LogP contribution is -2.06. The first-order chi connectivity index (χ1) is 8.13. The van der Waals surface area contributed by atoms with Gasteiger partial charge < -0.3 is 11.1 Å². The fourth-order valence-electron chi connectivity index (χ4n) is 1.35. The highest BCUT2D eigenvalue weighted by atomic mass is 15.6. The second kappa shape index (κ2) is 4.32. The molecule has 2 rings (SSSR count). The van der Waals surface area contributed by atoms with Crippen molar-refractivity contribution in [3.8, 4) is 11.4 Å². The van der Waals surface area contributed by atoms with Crippen molar-refractivity contribution in [3.63, 3.8) is 0 Å². The van der Waals surface area contributed by atoms with Gasteiger partial charge in [-0.1, -0.05) is 0 Å². The molecule has 0 saturated carbocycles. The standard InChI is InChI=1S/C9H14N8/c1-5(2)17-15-9(14-16-17)6-7(10)12-4-13-8(6)11-3/h4-5H,1-3H3,(H3,10,11,12,13). The minimum Gasteiger partial charge on any atom is -0.383 e. The second-order valence-electron chi connectivity index (χ2n) is 3.76. The fourth-order valence-corrected chi connectivity index (χ4v) is 1.35. The zero-order chi connectivity index (χ0) is 12.4. The van der Waals surface area contributed by atoms with Gasteiger partial charge in [0.15, 0.2) is 0 Å². The Bertz CT molecular complexity index is 517. The first-order valence-corrected chi connectivity index (χ1v) is 5.21. The van der Waals surface area contributed by atoms with Crippen LogP contribution in [0.1, 0.15) is 19.9 Å². The highest BCUT2D eigenvalue weighted by molar-refractivity contribution is 5.78. The van der Waals surface area contributed by atoms with Gasteiger partial charge in [0.1, 0.15) is 23.5 Å². The number of hydrogen-bond acceptors (Lipinski definition) is 7. The van der Waals surface area contributed by atoms with Crippen molar-refractivity contribution in [2.24, 2.45) is 0 Å². The molecule has 8 nitrogen and oxygen atoms in total. The average molecular weight is 234 g/mol. The van der Waals surface area contributed by atoms with E-state index in [0.717, 1.165) is 0 Å². The van der Waals surface area contributed by atoms with E-state index in [0.29, 0.717) is 23.0 Å². The van der Waals surface area contributed by atoms with Gasteiger partial charge in [0.05, 0.1) is 6.04 Å². The molecule has 0 spiro atoms. The van der Waals surface area contributed by atoms with Gasteiger partial charge in [-0.2, -0.15) is 4.80 Å². The fraction of sp³-hybridized carbons (Fsp3) is 0.444. The molecule has 2 aromatic rings. The summed E-state index contributed by atoms with van der Waals surface area (Å²) in [6, 6.07) is 0.139. The molecule has 0 aromatic carbocycles. The van der Waals surface area contributed by atoms with E-state index in [1.165, 1.54) is 11.1 Å². The lowest BCUT2D eigenvalue weighted by atomic mass is 10.2. The molecule has 0 aliphatic rings. The van der Waals surface area contributed by atoms with E-state index in [4.69, 9.17) is 5.73 Å². The smallest absolute Gasteiger partial charge is 0.212 e. The van der Waals surface area contributed by atoms with Gasteiger partial charge in [-0.05, 0) is 19.1 Å². The number of aromatic nitrogens is 6. The minimum atomic E-state index is 0.139. The van der Waals surface area contributed by atoms with E-state index in [1.54, 1.807) is 7.05 Å². The number of rotatable bonds is 3. The number of nitrogens with one attached hydrogen (secondary N) is 1. The minimum absolute atomic E-state index is 0.139. The molecule has 0 saturated heterocycles. The van der Waals surface area contributed by atoms with Crippen molar-refractivity contribution < 1.29 is 0 Å². The first kappa shape index (κ1) is 11.2. The summed E-state index contributed by atoms with van der Waals surface area (Å²) in [5.41, 5.74) is 6.38. The maximum absolute atomic E-state index is 5.81. The summed E-state index contributed by atoms with van der Waals surface area (Å²) >= 11 is 0. The van der Waals surface area contributed by atoms with Crippen molar-refractivity contribution in [2.45, 2.75) is 19.9 Å². The summed E-state index contributed by atoms with van der Waals surface area (Å²) in [5, 5.41) is 15.1. The molecule has 0 aliphatic carbocycles. The molecule has 2 aromatic heterocycles. The monoisotopic (exact) mass is 234 g/mol. The topological polar surface area (TPSA) is 107 Å². The number of nitrogen functional groups attached to an aromatic ring is 1. The van der Waals surface area contributed by atoms with Crippen LogP contribution >= 0.6 is 0 Å². The van der Waals surface area contributed by atoms with Crippen LogP contribution in [0, 0.1) is 0 Å². The first-order valence-electron chi connectivity index (χ1n) is 5.21. The molecule has 0 atom stereocenters. The van der Waals surface area contributed by atoms with Crippen LogP contribution in [-0.4, -0.2) is 37.2 Å². The molecule has 0 fully saturated rings. The van der Waals surface area contributed by atoms with Crippen molar-refractivity contribution >= 4 is 11.6 Å². The highest BCUT2D eigenvalue weighted by Gasteiger charge is 2.16. The number of hydrogen-bond donors (Lipinski definition) is 2. The predicted molar refractivity (Wildman–Crippen MR) is 63.2 cm³/mol. The summed E-state index contributed by atoms with van der Waals surface area (Å²) in [6.45, 7) is 3.94.